The molecule has 0 saturated carbocycles. The van der Waals surface area contributed by atoms with Crippen molar-refractivity contribution in [1.82, 2.24) is 4.98 Å². The topological polar surface area (TPSA) is 118 Å². The van der Waals surface area contributed by atoms with E-state index in [1.54, 1.807) is 0 Å². The summed E-state index contributed by atoms with van der Waals surface area (Å²) in [4.78, 5) is 3.07. The number of rotatable bonds is 1. The zero-order valence-corrected chi connectivity index (χ0v) is 7.62. The van der Waals surface area contributed by atoms with E-state index in [0.29, 0.717) is 0 Å². The predicted molar refractivity (Wildman–Crippen MR) is 57.7 cm³/mol. The van der Waals surface area contributed by atoms with Crippen molar-refractivity contribution in [2.75, 3.05) is 0 Å². The van der Waals surface area contributed by atoms with E-state index in [9.17, 15) is 0 Å². The first kappa shape index (κ1) is 10.2. The van der Waals surface area contributed by atoms with Crippen LogP contribution < -0.4 is 17.4 Å². The molecule has 0 aliphatic heterocycles. The summed E-state index contributed by atoms with van der Waals surface area (Å²) in [6.07, 6.45) is 1.87. The van der Waals surface area contributed by atoms with E-state index in [0.717, 1.165) is 16.5 Å². The van der Waals surface area contributed by atoms with Gasteiger partial charge in [0.25, 0.3) is 0 Å². The highest BCUT2D eigenvalue weighted by Crippen LogP contribution is 2.13. The lowest BCUT2D eigenvalue weighted by Gasteiger charge is -1.96. The van der Waals surface area contributed by atoms with E-state index in [1.165, 1.54) is 0 Å². The third-order valence-electron chi connectivity index (χ3n) is 1.86. The summed E-state index contributed by atoms with van der Waals surface area (Å²) in [6, 6.07) is 7.61. The van der Waals surface area contributed by atoms with Crippen molar-refractivity contribution < 1.29 is 0 Å². The molecule has 5 nitrogen and oxygen atoms in total. The molecule has 0 radical (unpaired) electrons. The molecule has 0 saturated heterocycles. The van der Waals surface area contributed by atoms with Crippen LogP contribution in [0.25, 0.3) is 10.9 Å². The van der Waals surface area contributed by atoms with Crippen LogP contribution in [0.1, 0.15) is 5.56 Å². The van der Waals surface area contributed by atoms with Crippen molar-refractivity contribution >= 4 is 16.7 Å². The molecule has 0 unspecified atom stereocenters. The molecule has 0 amide bonds. The monoisotopic (exact) mass is 191 g/mol. The Labute approximate surface area is 81.4 Å². The van der Waals surface area contributed by atoms with Gasteiger partial charge in [0.2, 0.25) is 0 Å². The Balaban J connectivity index is 0.000000461. The lowest BCUT2D eigenvalue weighted by Crippen LogP contribution is -2.10. The van der Waals surface area contributed by atoms with E-state index in [4.69, 9.17) is 11.1 Å². The van der Waals surface area contributed by atoms with Gasteiger partial charge in [-0.3, -0.25) is 17.1 Å². The fourth-order valence-corrected chi connectivity index (χ4v) is 1.22. The lowest BCUT2D eigenvalue weighted by atomic mass is 10.1. The molecule has 14 heavy (non-hydrogen) atoms. The Morgan fingerprint density at radius 1 is 1.21 bits per heavy atom. The lowest BCUT2D eigenvalue weighted by molar-refractivity contribution is 1.26. The number of fused-ring (bicyclic) bond motifs is 1. The highest BCUT2D eigenvalue weighted by atomic mass is 15.0. The zero-order valence-electron chi connectivity index (χ0n) is 7.62. The first-order chi connectivity index (χ1) is 6.77. The Morgan fingerprint density at radius 2 is 1.93 bits per heavy atom. The number of H-pyrrole nitrogens is 1. The van der Waals surface area contributed by atoms with E-state index >= 15 is 0 Å². The standard InChI is InChI=1S/C9H9N3.H4N2/c10-9(11)7-1-2-8-6(5-7)3-4-12-8;1-2/h1-5,12H,(H3,10,11);1-2H2. The molecule has 5 heteroatoms. The van der Waals surface area contributed by atoms with Crippen LogP contribution in [0.15, 0.2) is 30.5 Å². The van der Waals surface area contributed by atoms with Crippen LogP contribution in [-0.2, 0) is 0 Å². The van der Waals surface area contributed by atoms with Gasteiger partial charge in [-0.1, -0.05) is 0 Å². The summed E-state index contributed by atoms with van der Waals surface area (Å²) in [5.74, 6) is 8.11. The van der Waals surface area contributed by atoms with Gasteiger partial charge in [0.15, 0.2) is 0 Å². The second-order valence-electron chi connectivity index (χ2n) is 2.69. The normalized spacial score (nSPS) is 9.29. The van der Waals surface area contributed by atoms with Crippen molar-refractivity contribution in [3.8, 4) is 0 Å². The average Bonchev–Trinajstić information content (AvgIpc) is 2.67. The summed E-state index contributed by atoms with van der Waals surface area (Å²) in [5.41, 5.74) is 7.18. The molecular formula is C9H13N5. The molecule has 0 aliphatic rings. The summed E-state index contributed by atoms with van der Waals surface area (Å²) < 4.78 is 0. The van der Waals surface area contributed by atoms with E-state index in [-0.39, 0.29) is 5.84 Å². The fraction of sp³-hybridized carbons (Fsp3) is 0. The molecular weight excluding hydrogens is 178 g/mol. The largest absolute Gasteiger partial charge is 0.384 e. The van der Waals surface area contributed by atoms with Crippen molar-refractivity contribution in [3.05, 3.63) is 36.0 Å². The van der Waals surface area contributed by atoms with Crippen LogP contribution in [0.2, 0.25) is 0 Å². The molecule has 1 heterocycles. The van der Waals surface area contributed by atoms with Gasteiger partial charge in [0.05, 0.1) is 0 Å². The molecule has 0 fully saturated rings. The fourth-order valence-electron chi connectivity index (χ4n) is 1.22. The third kappa shape index (κ3) is 1.90. The zero-order chi connectivity index (χ0) is 10.6. The number of hydrazine groups is 1. The Morgan fingerprint density at radius 3 is 2.57 bits per heavy atom. The molecule has 8 N–H and O–H groups in total. The average molecular weight is 191 g/mol. The van der Waals surface area contributed by atoms with Crippen LogP contribution in [0.5, 0.6) is 0 Å². The maximum atomic E-state index is 7.23. The Kier molecular flexibility index (Phi) is 3.22. The first-order valence-corrected chi connectivity index (χ1v) is 4.02. The molecule has 0 bridgehead atoms. The summed E-state index contributed by atoms with van der Waals surface area (Å²) >= 11 is 0. The third-order valence-corrected chi connectivity index (χ3v) is 1.86. The number of hydrogen-bond donors (Lipinski definition) is 5. The van der Waals surface area contributed by atoms with Gasteiger partial charge in [0, 0.05) is 22.7 Å². The number of aromatic amines is 1. The number of nitrogens with one attached hydrogen (secondary N) is 2. The summed E-state index contributed by atoms with van der Waals surface area (Å²) in [7, 11) is 0. The number of nitrogen functional groups attached to an aromatic ring is 1. The highest BCUT2D eigenvalue weighted by molar-refractivity contribution is 5.98. The molecule has 2 rings (SSSR count). The van der Waals surface area contributed by atoms with Crippen LogP contribution in [0.3, 0.4) is 0 Å². The number of benzene rings is 1. The Bertz CT molecular complexity index is 431. The molecule has 74 valence electrons. The molecule has 1 aromatic heterocycles. The molecule has 1 aromatic carbocycles. The van der Waals surface area contributed by atoms with Crippen LogP contribution in [-0.4, -0.2) is 10.8 Å². The summed E-state index contributed by atoms with van der Waals surface area (Å²) in [6.45, 7) is 0. The second kappa shape index (κ2) is 4.40. The van der Waals surface area contributed by atoms with Gasteiger partial charge in [-0.2, -0.15) is 0 Å². The summed E-state index contributed by atoms with van der Waals surface area (Å²) in [5, 5.41) is 8.32. The van der Waals surface area contributed by atoms with Crippen molar-refractivity contribution in [1.29, 1.82) is 5.41 Å². The van der Waals surface area contributed by atoms with Crippen LogP contribution >= 0.6 is 0 Å². The van der Waals surface area contributed by atoms with Crippen LogP contribution in [0, 0.1) is 5.41 Å². The van der Waals surface area contributed by atoms with Crippen molar-refractivity contribution in [3.63, 3.8) is 0 Å². The van der Waals surface area contributed by atoms with Gasteiger partial charge >= 0.3 is 0 Å². The molecule has 2 aromatic rings. The number of hydrogen-bond acceptors (Lipinski definition) is 3. The molecule has 0 atom stereocenters. The minimum Gasteiger partial charge on any atom is -0.384 e. The Hall–Kier alpha value is -1.85. The highest BCUT2D eigenvalue weighted by Gasteiger charge is 1.98. The maximum absolute atomic E-state index is 7.23. The second-order valence-corrected chi connectivity index (χ2v) is 2.69. The maximum Gasteiger partial charge on any atom is 0.122 e. The van der Waals surface area contributed by atoms with Crippen molar-refractivity contribution in [2.45, 2.75) is 0 Å². The minimum atomic E-state index is 0.109. The van der Waals surface area contributed by atoms with E-state index in [2.05, 4.69) is 16.7 Å². The minimum absolute atomic E-state index is 0.109. The predicted octanol–water partition coefficient (Wildman–Crippen LogP) is 0.271. The first-order valence-electron chi connectivity index (χ1n) is 4.02. The quantitative estimate of drug-likeness (QED) is 0.193. The van der Waals surface area contributed by atoms with Gasteiger partial charge in [-0.05, 0) is 24.3 Å². The molecule has 0 spiro atoms. The van der Waals surface area contributed by atoms with E-state index in [1.807, 2.05) is 30.5 Å². The smallest absolute Gasteiger partial charge is 0.122 e. The van der Waals surface area contributed by atoms with Gasteiger partial charge in [0.1, 0.15) is 5.84 Å². The van der Waals surface area contributed by atoms with Crippen molar-refractivity contribution in [2.24, 2.45) is 17.4 Å². The molecule has 0 aliphatic carbocycles. The van der Waals surface area contributed by atoms with Gasteiger partial charge < -0.3 is 10.7 Å². The van der Waals surface area contributed by atoms with E-state index < -0.39 is 0 Å². The SMILES string of the molecule is N=C(N)c1ccc2[nH]ccc2c1.NN. The van der Waals surface area contributed by atoms with Gasteiger partial charge in [-0.15, -0.1) is 0 Å². The van der Waals surface area contributed by atoms with Gasteiger partial charge in [-0.25, -0.2) is 0 Å². The number of nitrogens with two attached hydrogens (primary N) is 3. The number of amidine groups is 1. The number of aromatic nitrogens is 1. The van der Waals surface area contributed by atoms with Crippen LogP contribution in [0.4, 0.5) is 0 Å².